The maximum Gasteiger partial charge on any atom is 0.308 e. The molecule has 288 valence electrons. The molecule has 12 heteroatoms. The maximum atomic E-state index is 11.9. The van der Waals surface area contributed by atoms with Crippen LogP contribution in [-0.2, 0) is 42.7 Å². The van der Waals surface area contributed by atoms with E-state index >= 15 is 0 Å². The topological polar surface area (TPSA) is 159 Å². The third-order valence-electron chi connectivity index (χ3n) is 13.3. The van der Waals surface area contributed by atoms with Crippen molar-refractivity contribution in [3.05, 3.63) is 0 Å². The predicted octanol–water partition coefficient (Wildman–Crippen LogP) is 4.84. The van der Waals surface area contributed by atoms with Crippen molar-refractivity contribution in [2.75, 3.05) is 13.7 Å². The van der Waals surface area contributed by atoms with Gasteiger partial charge in [0.1, 0.15) is 6.61 Å². The van der Waals surface area contributed by atoms with Gasteiger partial charge in [0.15, 0.2) is 5.79 Å². The number of rotatable bonds is 11. The fourth-order valence-electron chi connectivity index (χ4n) is 10.1. The Kier molecular flexibility index (Phi) is 11.8. The molecule has 17 atom stereocenters. The largest absolute Gasteiger partial charge is 0.481 e. The summed E-state index contributed by atoms with van der Waals surface area (Å²) in [5, 5.41) is 32.4. The SMILES string of the molecule is CC[C@@]1([C@@H]2O[C@@H]([C@H]3O[C@@](O)(COC(C)=O)[C@H](C)C[C@@H]3C)C[C@@H]2C)CC[C@H]([C@]2(C)CC[C@]3(C[C@H](O)[C@@H](C)[C@@H]([C@@H](C)[C@@H](OC)C(C)C(=O)O)O3)O2)O1. The molecule has 5 fully saturated rings. The lowest BCUT2D eigenvalue weighted by molar-refractivity contribution is -0.336. The summed E-state index contributed by atoms with van der Waals surface area (Å²) in [5.41, 5.74) is -1.19. The zero-order valence-corrected chi connectivity index (χ0v) is 31.9. The van der Waals surface area contributed by atoms with Gasteiger partial charge in [-0.15, -0.1) is 0 Å². The Labute approximate surface area is 298 Å². The van der Waals surface area contributed by atoms with E-state index in [1.54, 1.807) is 6.92 Å². The minimum absolute atomic E-state index is 0.141. The van der Waals surface area contributed by atoms with Gasteiger partial charge in [-0.25, -0.2) is 0 Å². The summed E-state index contributed by atoms with van der Waals surface area (Å²) in [5.74, 6) is -5.14. The smallest absolute Gasteiger partial charge is 0.308 e. The van der Waals surface area contributed by atoms with E-state index < -0.39 is 58.9 Å². The van der Waals surface area contributed by atoms with Crippen LogP contribution in [0.25, 0.3) is 0 Å². The fraction of sp³-hybridized carbons (Fsp3) is 0.947. The molecule has 5 rings (SSSR count). The molecule has 5 saturated heterocycles. The average molecular weight is 713 g/mol. The Bertz CT molecular complexity index is 1220. The molecule has 0 saturated carbocycles. The van der Waals surface area contributed by atoms with Gasteiger partial charge in [-0.3, -0.25) is 9.59 Å². The number of aliphatic carboxylic acids is 1. The molecule has 5 aliphatic heterocycles. The number of esters is 1. The zero-order chi connectivity index (χ0) is 37.0. The van der Waals surface area contributed by atoms with Crippen LogP contribution in [0.1, 0.15) is 114 Å². The number of aliphatic hydroxyl groups excluding tert-OH is 1. The van der Waals surface area contributed by atoms with Crippen molar-refractivity contribution in [2.24, 2.45) is 35.5 Å². The number of carbonyl (C=O) groups excluding carboxylic acids is 1. The number of hydrogen-bond donors (Lipinski definition) is 3. The highest BCUT2D eigenvalue weighted by Crippen LogP contribution is 2.55. The first-order valence-electron chi connectivity index (χ1n) is 19.0. The first-order chi connectivity index (χ1) is 23.3. The lowest BCUT2D eigenvalue weighted by Gasteiger charge is -2.49. The molecule has 0 aromatic rings. The van der Waals surface area contributed by atoms with Crippen LogP contribution in [0.5, 0.6) is 0 Å². The van der Waals surface area contributed by atoms with Crippen molar-refractivity contribution in [1.82, 2.24) is 0 Å². The van der Waals surface area contributed by atoms with Gasteiger partial charge in [0.2, 0.25) is 5.79 Å². The molecule has 0 amide bonds. The fourth-order valence-corrected chi connectivity index (χ4v) is 10.1. The second-order valence-corrected chi connectivity index (χ2v) is 16.9. The van der Waals surface area contributed by atoms with Gasteiger partial charge < -0.3 is 48.5 Å². The Balaban J connectivity index is 1.28. The minimum Gasteiger partial charge on any atom is -0.481 e. The van der Waals surface area contributed by atoms with Crippen LogP contribution in [0.15, 0.2) is 0 Å². The third kappa shape index (κ3) is 7.39. The van der Waals surface area contributed by atoms with Gasteiger partial charge in [-0.05, 0) is 64.2 Å². The second-order valence-electron chi connectivity index (χ2n) is 16.9. The minimum atomic E-state index is -1.57. The summed E-state index contributed by atoms with van der Waals surface area (Å²) in [4.78, 5) is 23.4. The highest BCUT2D eigenvalue weighted by molar-refractivity contribution is 5.70. The number of aliphatic hydroxyl groups is 2. The third-order valence-corrected chi connectivity index (χ3v) is 13.3. The van der Waals surface area contributed by atoms with Gasteiger partial charge in [0.05, 0.1) is 59.8 Å². The lowest BCUT2D eigenvalue weighted by Crippen LogP contribution is -2.57. The normalized spacial score (nSPS) is 48.4. The summed E-state index contributed by atoms with van der Waals surface area (Å²) < 4.78 is 44.9. The molecular formula is C38H64O12. The van der Waals surface area contributed by atoms with Crippen molar-refractivity contribution in [3.63, 3.8) is 0 Å². The van der Waals surface area contributed by atoms with Crippen LogP contribution in [0.2, 0.25) is 0 Å². The van der Waals surface area contributed by atoms with Gasteiger partial charge in [0.25, 0.3) is 0 Å². The Morgan fingerprint density at radius 3 is 2.32 bits per heavy atom. The van der Waals surface area contributed by atoms with Crippen molar-refractivity contribution in [2.45, 2.75) is 179 Å². The highest BCUT2D eigenvalue weighted by Gasteiger charge is 2.62. The van der Waals surface area contributed by atoms with Crippen molar-refractivity contribution >= 4 is 11.9 Å². The summed E-state index contributed by atoms with van der Waals surface area (Å²) >= 11 is 0. The first-order valence-corrected chi connectivity index (χ1v) is 19.0. The number of carbonyl (C=O) groups is 2. The molecule has 0 aromatic heterocycles. The van der Waals surface area contributed by atoms with E-state index in [1.807, 2.05) is 20.8 Å². The summed E-state index contributed by atoms with van der Waals surface area (Å²) in [6.07, 6.45) is 2.70. The molecule has 0 aliphatic carbocycles. The van der Waals surface area contributed by atoms with E-state index in [0.29, 0.717) is 19.3 Å². The van der Waals surface area contributed by atoms with Crippen molar-refractivity contribution < 1.29 is 58.1 Å². The number of methoxy groups -OCH3 is 1. The van der Waals surface area contributed by atoms with E-state index in [0.717, 1.165) is 32.1 Å². The Hall–Kier alpha value is -1.38. The molecule has 3 N–H and O–H groups in total. The second kappa shape index (κ2) is 14.8. The molecule has 5 heterocycles. The van der Waals surface area contributed by atoms with E-state index in [4.69, 9.17) is 33.2 Å². The van der Waals surface area contributed by atoms with Gasteiger partial charge in [-0.2, -0.15) is 0 Å². The number of carboxylic acids is 1. The standard InChI is InChI=1S/C38H64O12/c1-11-36(33-21(3)17-28(46-33)30-20(2)16-22(4)38(43,49-30)19-45-26(8)39)13-12-29(47-36)35(9)14-15-37(50-35)18-27(40)23(5)32(48-37)24(6)31(44-10)25(7)34(41)42/h20-25,27-33,40,43H,11-19H2,1-10H3,(H,41,42)/t20-,21-,22+,23+,24-,25?,27-,28+,29+,30-,31+,32-,33+,35-,36-,37+,38-/m0/s1. The first kappa shape index (κ1) is 39.8. The Morgan fingerprint density at radius 1 is 1.00 bits per heavy atom. The predicted molar refractivity (Wildman–Crippen MR) is 182 cm³/mol. The van der Waals surface area contributed by atoms with Crippen LogP contribution in [0, 0.1) is 35.5 Å². The molecule has 0 bridgehead atoms. The van der Waals surface area contributed by atoms with Crippen LogP contribution in [0.4, 0.5) is 0 Å². The molecular weight excluding hydrogens is 648 g/mol. The van der Waals surface area contributed by atoms with Crippen LogP contribution in [-0.4, -0.2) is 106 Å². The van der Waals surface area contributed by atoms with Crippen molar-refractivity contribution in [3.8, 4) is 0 Å². The molecule has 50 heavy (non-hydrogen) atoms. The van der Waals surface area contributed by atoms with Crippen LogP contribution in [0.3, 0.4) is 0 Å². The number of hydrogen-bond acceptors (Lipinski definition) is 11. The van der Waals surface area contributed by atoms with Crippen LogP contribution >= 0.6 is 0 Å². The molecule has 1 spiro atoms. The van der Waals surface area contributed by atoms with E-state index in [9.17, 15) is 24.9 Å². The van der Waals surface area contributed by atoms with Gasteiger partial charge in [-0.1, -0.05) is 41.5 Å². The molecule has 5 aliphatic rings. The van der Waals surface area contributed by atoms with Gasteiger partial charge >= 0.3 is 11.9 Å². The maximum absolute atomic E-state index is 11.9. The highest BCUT2D eigenvalue weighted by atomic mass is 16.7. The monoisotopic (exact) mass is 712 g/mol. The van der Waals surface area contributed by atoms with E-state index in [1.165, 1.54) is 14.0 Å². The molecule has 12 nitrogen and oxygen atoms in total. The lowest BCUT2D eigenvalue weighted by atomic mass is 9.78. The number of carboxylic acid groups (broad SMARTS) is 1. The zero-order valence-electron chi connectivity index (χ0n) is 31.9. The summed E-state index contributed by atoms with van der Waals surface area (Å²) in [6.45, 7) is 17.1. The summed E-state index contributed by atoms with van der Waals surface area (Å²) in [7, 11) is 1.52. The van der Waals surface area contributed by atoms with E-state index in [2.05, 4.69) is 27.7 Å². The van der Waals surface area contributed by atoms with Gasteiger partial charge in [0, 0.05) is 44.6 Å². The van der Waals surface area contributed by atoms with Crippen LogP contribution < -0.4 is 0 Å². The molecule has 0 aromatic carbocycles. The Morgan fingerprint density at radius 2 is 1.70 bits per heavy atom. The number of ether oxygens (including phenoxy) is 7. The van der Waals surface area contributed by atoms with Crippen molar-refractivity contribution in [1.29, 1.82) is 0 Å². The molecule has 0 radical (unpaired) electrons. The summed E-state index contributed by atoms with van der Waals surface area (Å²) in [6, 6.07) is 0. The molecule has 1 unspecified atom stereocenters. The average Bonchev–Trinajstić information content (AvgIpc) is 3.76. The quantitative estimate of drug-likeness (QED) is 0.251. The van der Waals surface area contributed by atoms with E-state index in [-0.39, 0.29) is 60.6 Å².